The molecule has 2 aromatic rings. The summed E-state index contributed by atoms with van der Waals surface area (Å²) < 4.78 is 0. The lowest BCUT2D eigenvalue weighted by Crippen LogP contribution is -2.22. The Kier molecular flexibility index (Phi) is 4.20. The van der Waals surface area contributed by atoms with Crippen molar-refractivity contribution in [3.8, 4) is 0 Å². The summed E-state index contributed by atoms with van der Waals surface area (Å²) in [7, 11) is 0. The Balaban J connectivity index is 2.43. The molecule has 4 nitrogen and oxygen atoms in total. The lowest BCUT2D eigenvalue weighted by Gasteiger charge is -2.03. The zero-order valence-corrected chi connectivity index (χ0v) is 12.2. The number of thiophene rings is 1. The fourth-order valence-corrected chi connectivity index (χ4v) is 3.00. The van der Waals surface area contributed by atoms with Gasteiger partial charge in [-0.1, -0.05) is 30.3 Å². The van der Waals surface area contributed by atoms with Crippen molar-refractivity contribution in [2.75, 3.05) is 12.3 Å². The molecule has 5 heteroatoms. The minimum absolute atomic E-state index is 0.146. The zero-order valence-electron chi connectivity index (χ0n) is 11.4. The molecule has 0 atom stereocenters. The smallest absolute Gasteiger partial charge is 0.261 e. The van der Waals surface area contributed by atoms with Crippen LogP contribution in [-0.4, -0.2) is 18.2 Å². The second kappa shape index (κ2) is 5.88. The summed E-state index contributed by atoms with van der Waals surface area (Å²) in [6.07, 6.45) is 0. The second-order valence-electron chi connectivity index (χ2n) is 4.35. The maximum atomic E-state index is 12.5. The van der Waals surface area contributed by atoms with Crippen molar-refractivity contribution in [2.24, 2.45) is 0 Å². The first-order valence-electron chi connectivity index (χ1n) is 6.33. The fourth-order valence-electron chi connectivity index (χ4n) is 2.01. The van der Waals surface area contributed by atoms with Gasteiger partial charge in [-0.25, -0.2) is 0 Å². The lowest BCUT2D eigenvalue weighted by molar-refractivity contribution is 0.0959. The molecule has 104 valence electrons. The van der Waals surface area contributed by atoms with E-state index in [1.165, 1.54) is 0 Å². The number of hydrogen-bond donors (Lipinski definition) is 2. The molecule has 0 radical (unpaired) electrons. The number of amides is 1. The molecule has 0 aliphatic heterocycles. The molecular formula is C15H16N2O2S. The average Bonchev–Trinajstić information content (AvgIpc) is 2.75. The van der Waals surface area contributed by atoms with Crippen molar-refractivity contribution in [3.63, 3.8) is 0 Å². The van der Waals surface area contributed by atoms with Gasteiger partial charge in [0.25, 0.3) is 5.91 Å². The molecule has 0 aliphatic rings. The van der Waals surface area contributed by atoms with Crippen molar-refractivity contribution in [3.05, 3.63) is 51.9 Å². The number of rotatable bonds is 4. The van der Waals surface area contributed by atoms with Crippen LogP contribution in [0.25, 0.3) is 0 Å². The van der Waals surface area contributed by atoms with E-state index in [-0.39, 0.29) is 11.7 Å². The van der Waals surface area contributed by atoms with Crippen LogP contribution in [0.1, 0.15) is 38.1 Å². The van der Waals surface area contributed by atoms with Crippen LogP contribution in [0.4, 0.5) is 5.00 Å². The molecule has 0 fully saturated rings. The van der Waals surface area contributed by atoms with E-state index in [1.54, 1.807) is 31.2 Å². The maximum absolute atomic E-state index is 12.5. The lowest BCUT2D eigenvalue weighted by atomic mass is 10.0. The largest absolute Gasteiger partial charge is 0.390 e. The number of anilines is 1. The van der Waals surface area contributed by atoms with E-state index < -0.39 is 0 Å². The molecule has 20 heavy (non-hydrogen) atoms. The predicted molar refractivity (Wildman–Crippen MR) is 81.4 cm³/mol. The van der Waals surface area contributed by atoms with Gasteiger partial charge in [-0.15, -0.1) is 11.3 Å². The minimum Gasteiger partial charge on any atom is -0.390 e. The zero-order chi connectivity index (χ0) is 14.7. The van der Waals surface area contributed by atoms with Gasteiger partial charge in [0, 0.05) is 12.1 Å². The van der Waals surface area contributed by atoms with Crippen LogP contribution in [0.3, 0.4) is 0 Å². The summed E-state index contributed by atoms with van der Waals surface area (Å²) in [5.74, 6) is -0.332. The number of carbonyl (C=O) groups excluding carboxylic acids is 2. The Morgan fingerprint density at radius 3 is 2.50 bits per heavy atom. The monoisotopic (exact) mass is 288 g/mol. The Bertz CT molecular complexity index is 647. The highest BCUT2D eigenvalue weighted by atomic mass is 32.1. The highest BCUT2D eigenvalue weighted by Crippen LogP contribution is 2.32. The molecular weight excluding hydrogens is 272 g/mol. The number of ketones is 1. The number of nitrogen functional groups attached to an aromatic ring is 1. The van der Waals surface area contributed by atoms with Crippen LogP contribution in [0.5, 0.6) is 0 Å². The third-order valence-corrected chi connectivity index (χ3v) is 4.10. The van der Waals surface area contributed by atoms with E-state index in [9.17, 15) is 9.59 Å². The van der Waals surface area contributed by atoms with Gasteiger partial charge < -0.3 is 11.1 Å². The summed E-state index contributed by atoms with van der Waals surface area (Å²) >= 11 is 1.16. The Morgan fingerprint density at radius 2 is 1.90 bits per heavy atom. The van der Waals surface area contributed by atoms with Crippen LogP contribution < -0.4 is 11.1 Å². The number of nitrogens with two attached hydrogens (primary N) is 1. The van der Waals surface area contributed by atoms with Crippen molar-refractivity contribution in [1.29, 1.82) is 0 Å². The molecule has 1 aromatic heterocycles. The van der Waals surface area contributed by atoms with Gasteiger partial charge in [-0.2, -0.15) is 0 Å². The first-order chi connectivity index (χ1) is 9.56. The molecule has 1 heterocycles. The third-order valence-electron chi connectivity index (χ3n) is 2.98. The maximum Gasteiger partial charge on any atom is 0.261 e. The van der Waals surface area contributed by atoms with E-state index in [1.807, 2.05) is 13.0 Å². The molecule has 3 N–H and O–H groups in total. The minimum atomic E-state index is -0.186. The van der Waals surface area contributed by atoms with Crippen LogP contribution in [0, 0.1) is 6.92 Å². The van der Waals surface area contributed by atoms with Gasteiger partial charge in [0.2, 0.25) is 0 Å². The van der Waals surface area contributed by atoms with E-state index >= 15 is 0 Å². The molecule has 1 amide bonds. The molecule has 0 unspecified atom stereocenters. The number of hydrogen-bond acceptors (Lipinski definition) is 4. The number of carbonyl (C=O) groups is 2. The highest BCUT2D eigenvalue weighted by Gasteiger charge is 2.23. The van der Waals surface area contributed by atoms with Gasteiger partial charge >= 0.3 is 0 Å². The summed E-state index contributed by atoms with van der Waals surface area (Å²) in [6, 6.07) is 8.93. The molecule has 0 spiro atoms. The van der Waals surface area contributed by atoms with Crippen LogP contribution in [-0.2, 0) is 0 Å². The summed E-state index contributed by atoms with van der Waals surface area (Å²) in [6.45, 7) is 4.14. The van der Waals surface area contributed by atoms with Crippen LogP contribution >= 0.6 is 11.3 Å². The Morgan fingerprint density at radius 1 is 1.25 bits per heavy atom. The van der Waals surface area contributed by atoms with Gasteiger partial charge in [0.1, 0.15) is 0 Å². The molecule has 0 saturated heterocycles. The van der Waals surface area contributed by atoms with Crippen molar-refractivity contribution in [1.82, 2.24) is 5.32 Å². The van der Waals surface area contributed by atoms with E-state index in [0.29, 0.717) is 33.1 Å². The molecule has 2 rings (SSSR count). The van der Waals surface area contributed by atoms with Crippen molar-refractivity contribution < 1.29 is 9.59 Å². The van der Waals surface area contributed by atoms with Gasteiger partial charge in [0.15, 0.2) is 5.78 Å². The van der Waals surface area contributed by atoms with E-state index in [2.05, 4.69) is 5.32 Å². The SMILES string of the molecule is CCNC(=O)c1sc(N)c(C(=O)c2ccccc2)c1C. The van der Waals surface area contributed by atoms with Gasteiger partial charge in [-0.05, 0) is 19.4 Å². The standard InChI is InChI=1S/C15H16N2O2S/c1-3-17-15(19)13-9(2)11(14(16)20-13)12(18)10-7-5-4-6-8-10/h4-8H,3,16H2,1-2H3,(H,17,19). The van der Waals surface area contributed by atoms with Gasteiger partial charge in [0.05, 0.1) is 15.4 Å². The van der Waals surface area contributed by atoms with Crippen LogP contribution in [0.15, 0.2) is 30.3 Å². The third kappa shape index (κ3) is 2.58. The second-order valence-corrected chi connectivity index (χ2v) is 5.40. The molecule has 0 aliphatic carbocycles. The first-order valence-corrected chi connectivity index (χ1v) is 7.14. The summed E-state index contributed by atoms with van der Waals surface area (Å²) in [4.78, 5) is 24.9. The first kappa shape index (κ1) is 14.3. The molecule has 0 bridgehead atoms. The number of benzene rings is 1. The summed E-state index contributed by atoms with van der Waals surface area (Å²) in [5.41, 5.74) is 7.58. The molecule has 1 aromatic carbocycles. The van der Waals surface area contributed by atoms with Gasteiger partial charge in [-0.3, -0.25) is 9.59 Å². The quantitative estimate of drug-likeness (QED) is 0.849. The fraction of sp³-hybridized carbons (Fsp3) is 0.200. The van der Waals surface area contributed by atoms with Crippen molar-refractivity contribution in [2.45, 2.75) is 13.8 Å². The highest BCUT2D eigenvalue weighted by molar-refractivity contribution is 7.18. The topological polar surface area (TPSA) is 72.2 Å². The van der Waals surface area contributed by atoms with Crippen LogP contribution in [0.2, 0.25) is 0 Å². The molecule has 0 saturated carbocycles. The Hall–Kier alpha value is -2.14. The van der Waals surface area contributed by atoms with E-state index in [4.69, 9.17) is 5.73 Å². The Labute approximate surface area is 121 Å². The number of nitrogens with one attached hydrogen (secondary N) is 1. The normalized spacial score (nSPS) is 10.3. The summed E-state index contributed by atoms with van der Waals surface area (Å²) in [5, 5.41) is 3.11. The average molecular weight is 288 g/mol. The van der Waals surface area contributed by atoms with Crippen molar-refractivity contribution >= 4 is 28.0 Å². The van der Waals surface area contributed by atoms with E-state index in [0.717, 1.165) is 11.3 Å². The predicted octanol–water partition coefficient (Wildman–Crippen LogP) is 2.62.